The molecule has 0 aliphatic heterocycles. The number of carbonyl (C=O) groups is 2. The van der Waals surface area contributed by atoms with Gasteiger partial charge in [0.15, 0.2) is 0 Å². The molecule has 9 heteroatoms. The summed E-state index contributed by atoms with van der Waals surface area (Å²) in [6, 6.07) is 2.66. The molecule has 110 valence electrons. The quantitative estimate of drug-likeness (QED) is 0.869. The molecule has 0 heterocycles. The van der Waals surface area contributed by atoms with Gasteiger partial charge in [-0.25, -0.2) is 4.39 Å². The minimum atomic E-state index is -4.77. The first-order valence-corrected chi connectivity index (χ1v) is 5.51. The number of amides is 1. The molecule has 0 saturated carbocycles. The zero-order chi connectivity index (χ0) is 15.5. The van der Waals surface area contributed by atoms with Gasteiger partial charge in [-0.05, 0) is 18.2 Å². The van der Waals surface area contributed by atoms with E-state index >= 15 is 0 Å². The summed E-state index contributed by atoms with van der Waals surface area (Å²) in [5, 5.41) is 8.22. The second kappa shape index (κ2) is 6.08. The van der Waals surface area contributed by atoms with Gasteiger partial charge in [0.05, 0.1) is 5.02 Å². The van der Waals surface area contributed by atoms with Gasteiger partial charge in [-0.1, -0.05) is 11.6 Å². The van der Waals surface area contributed by atoms with E-state index in [4.69, 9.17) is 16.7 Å². The zero-order valence-corrected chi connectivity index (χ0v) is 10.5. The van der Waals surface area contributed by atoms with E-state index in [9.17, 15) is 27.2 Å². The van der Waals surface area contributed by atoms with Crippen LogP contribution < -0.4 is 0 Å². The first-order valence-electron chi connectivity index (χ1n) is 5.13. The summed E-state index contributed by atoms with van der Waals surface area (Å²) in [4.78, 5) is 22.3. The average Bonchev–Trinajstić information content (AvgIpc) is 2.28. The molecular weight excluding hydrogens is 306 g/mol. The number of alkyl halides is 3. The first kappa shape index (κ1) is 16.2. The van der Waals surface area contributed by atoms with Crippen LogP contribution in [-0.2, 0) is 4.79 Å². The number of carboxylic acids is 1. The Balaban J connectivity index is 3.02. The van der Waals surface area contributed by atoms with Gasteiger partial charge in [0.25, 0.3) is 5.91 Å². The Morgan fingerprint density at radius 3 is 2.35 bits per heavy atom. The monoisotopic (exact) mass is 313 g/mol. The van der Waals surface area contributed by atoms with E-state index in [0.717, 1.165) is 12.1 Å². The van der Waals surface area contributed by atoms with E-state index < -0.39 is 42.5 Å². The summed E-state index contributed by atoms with van der Waals surface area (Å²) in [6.45, 7) is -2.90. The number of nitrogens with zero attached hydrogens (tertiary/aromatic N) is 1. The SMILES string of the molecule is O=C(O)CN(CC(F)(F)F)C(=O)c1ccc(Cl)c(F)c1. The lowest BCUT2D eigenvalue weighted by molar-refractivity contribution is -0.149. The van der Waals surface area contributed by atoms with Crippen LogP contribution in [0.15, 0.2) is 18.2 Å². The molecule has 1 N–H and O–H groups in total. The van der Waals surface area contributed by atoms with Gasteiger partial charge in [0, 0.05) is 5.56 Å². The lowest BCUT2D eigenvalue weighted by atomic mass is 10.2. The number of benzene rings is 1. The second-order valence-electron chi connectivity index (χ2n) is 3.80. The molecule has 1 amide bonds. The van der Waals surface area contributed by atoms with Crippen molar-refractivity contribution in [2.75, 3.05) is 13.1 Å². The number of hydrogen-bond donors (Lipinski definition) is 1. The van der Waals surface area contributed by atoms with Crippen LogP contribution in [0.25, 0.3) is 0 Å². The molecule has 0 unspecified atom stereocenters. The van der Waals surface area contributed by atoms with E-state index in [2.05, 4.69) is 0 Å². The Hall–Kier alpha value is -1.83. The molecule has 0 atom stereocenters. The van der Waals surface area contributed by atoms with E-state index in [1.807, 2.05) is 0 Å². The highest BCUT2D eigenvalue weighted by molar-refractivity contribution is 6.30. The Bertz CT molecular complexity index is 533. The topological polar surface area (TPSA) is 57.6 Å². The maximum Gasteiger partial charge on any atom is 0.406 e. The lowest BCUT2D eigenvalue weighted by Gasteiger charge is -2.22. The standard InChI is InChI=1S/C11H8ClF4NO3/c12-7-2-1-6(3-8(7)13)10(20)17(4-9(18)19)5-11(14,15)16/h1-3H,4-5H2,(H,18,19). The second-order valence-corrected chi connectivity index (χ2v) is 4.21. The summed E-state index contributed by atoms with van der Waals surface area (Å²) in [7, 11) is 0. The third-order valence-electron chi connectivity index (χ3n) is 2.15. The molecule has 0 fully saturated rings. The predicted octanol–water partition coefficient (Wildman–Crippen LogP) is 2.57. The maximum absolute atomic E-state index is 13.2. The fourth-order valence-electron chi connectivity index (χ4n) is 1.39. The van der Waals surface area contributed by atoms with E-state index in [1.165, 1.54) is 0 Å². The molecule has 1 aromatic rings. The largest absolute Gasteiger partial charge is 0.480 e. The summed E-state index contributed by atoms with van der Waals surface area (Å²) in [5.41, 5.74) is -0.419. The number of rotatable bonds is 4. The van der Waals surface area contributed by atoms with E-state index in [0.29, 0.717) is 6.07 Å². The minimum absolute atomic E-state index is 0.0605. The van der Waals surface area contributed by atoms with Gasteiger partial charge in [0.1, 0.15) is 18.9 Å². The Morgan fingerprint density at radius 1 is 1.30 bits per heavy atom. The summed E-state index contributed by atoms with van der Waals surface area (Å²) < 4.78 is 50.0. The van der Waals surface area contributed by atoms with Crippen LogP contribution in [0.4, 0.5) is 17.6 Å². The van der Waals surface area contributed by atoms with Crippen LogP contribution in [0.1, 0.15) is 10.4 Å². The summed E-state index contributed by atoms with van der Waals surface area (Å²) in [6.07, 6.45) is -4.77. The van der Waals surface area contributed by atoms with Crippen molar-refractivity contribution in [1.29, 1.82) is 0 Å². The fourth-order valence-corrected chi connectivity index (χ4v) is 1.51. The molecule has 1 rings (SSSR count). The molecule has 1 aromatic carbocycles. The smallest absolute Gasteiger partial charge is 0.406 e. The van der Waals surface area contributed by atoms with Crippen molar-refractivity contribution in [2.24, 2.45) is 0 Å². The zero-order valence-electron chi connectivity index (χ0n) is 9.75. The van der Waals surface area contributed by atoms with Crippen LogP contribution in [0.2, 0.25) is 5.02 Å². The number of hydrogen-bond acceptors (Lipinski definition) is 2. The van der Waals surface area contributed by atoms with Crippen LogP contribution in [0.3, 0.4) is 0 Å². The fraction of sp³-hybridized carbons (Fsp3) is 0.273. The Labute approximate surface area is 115 Å². The highest BCUT2D eigenvalue weighted by Crippen LogP contribution is 2.20. The molecule has 0 bridgehead atoms. The number of halogens is 5. The maximum atomic E-state index is 13.2. The average molecular weight is 314 g/mol. The Morgan fingerprint density at radius 2 is 1.90 bits per heavy atom. The van der Waals surface area contributed by atoms with Gasteiger partial charge < -0.3 is 10.0 Å². The molecule has 0 aliphatic carbocycles. The highest BCUT2D eigenvalue weighted by atomic mass is 35.5. The number of carboxylic acid groups (broad SMARTS) is 1. The van der Waals surface area contributed by atoms with Crippen molar-refractivity contribution in [3.8, 4) is 0 Å². The van der Waals surface area contributed by atoms with Crippen molar-refractivity contribution < 1.29 is 32.3 Å². The normalized spacial score (nSPS) is 11.2. The van der Waals surface area contributed by atoms with Crippen molar-refractivity contribution in [2.45, 2.75) is 6.18 Å². The van der Waals surface area contributed by atoms with Crippen LogP contribution in [0, 0.1) is 5.82 Å². The van der Waals surface area contributed by atoms with Crippen molar-refractivity contribution in [3.63, 3.8) is 0 Å². The number of aliphatic carboxylic acids is 1. The molecule has 0 spiro atoms. The van der Waals surface area contributed by atoms with Crippen molar-refractivity contribution in [1.82, 2.24) is 4.90 Å². The van der Waals surface area contributed by atoms with Gasteiger partial charge in [-0.2, -0.15) is 13.2 Å². The van der Waals surface area contributed by atoms with Crippen molar-refractivity contribution >= 4 is 23.5 Å². The molecule has 0 aliphatic rings. The summed E-state index contributed by atoms with van der Waals surface area (Å²) >= 11 is 5.38. The van der Waals surface area contributed by atoms with Gasteiger partial charge >= 0.3 is 12.1 Å². The van der Waals surface area contributed by atoms with Crippen LogP contribution >= 0.6 is 11.6 Å². The third-order valence-corrected chi connectivity index (χ3v) is 2.46. The first-order chi connectivity index (χ1) is 9.10. The molecular formula is C11H8ClF4NO3. The van der Waals surface area contributed by atoms with E-state index in [-0.39, 0.29) is 9.92 Å². The number of carbonyl (C=O) groups excluding carboxylic acids is 1. The molecule has 4 nitrogen and oxygen atoms in total. The summed E-state index contributed by atoms with van der Waals surface area (Å²) in [5.74, 6) is -3.85. The van der Waals surface area contributed by atoms with E-state index in [1.54, 1.807) is 0 Å². The molecule has 20 heavy (non-hydrogen) atoms. The van der Waals surface area contributed by atoms with Gasteiger partial charge in [0.2, 0.25) is 0 Å². The molecule has 0 aromatic heterocycles. The molecule has 0 radical (unpaired) electrons. The van der Waals surface area contributed by atoms with Gasteiger partial charge in [-0.3, -0.25) is 9.59 Å². The van der Waals surface area contributed by atoms with Gasteiger partial charge in [-0.15, -0.1) is 0 Å². The Kier molecular flexibility index (Phi) is 4.93. The van der Waals surface area contributed by atoms with Crippen LogP contribution in [-0.4, -0.2) is 41.1 Å². The highest BCUT2D eigenvalue weighted by Gasteiger charge is 2.34. The van der Waals surface area contributed by atoms with Crippen molar-refractivity contribution in [3.05, 3.63) is 34.6 Å². The molecule has 0 saturated heterocycles. The van der Waals surface area contributed by atoms with Crippen LogP contribution in [0.5, 0.6) is 0 Å². The third kappa shape index (κ3) is 4.69. The minimum Gasteiger partial charge on any atom is -0.480 e. The lowest BCUT2D eigenvalue weighted by Crippen LogP contribution is -2.42. The predicted molar refractivity (Wildman–Crippen MR) is 61.0 cm³/mol.